The average molecular weight is 458 g/mol. The van der Waals surface area contributed by atoms with Gasteiger partial charge >= 0.3 is 0 Å². The molecular weight excluding hydrogens is 434 g/mol. The zero-order valence-electron chi connectivity index (χ0n) is 19.2. The van der Waals surface area contributed by atoms with Gasteiger partial charge in [0.25, 0.3) is 11.8 Å². The molecule has 2 N–H and O–H groups in total. The molecule has 1 heterocycles. The molecule has 0 atom stereocenters. The van der Waals surface area contributed by atoms with Gasteiger partial charge in [-0.3, -0.25) is 9.59 Å². The van der Waals surface area contributed by atoms with Gasteiger partial charge < -0.3 is 10.6 Å². The monoisotopic (exact) mass is 457 g/mol. The third-order valence-corrected chi connectivity index (χ3v) is 5.79. The number of nitrogens with one attached hydrogen (secondary N) is 2. The first kappa shape index (κ1) is 22.0. The van der Waals surface area contributed by atoms with E-state index >= 15 is 0 Å². The van der Waals surface area contributed by atoms with Crippen LogP contribution in [0.5, 0.6) is 0 Å². The molecule has 0 radical (unpaired) electrons. The summed E-state index contributed by atoms with van der Waals surface area (Å²) in [4.78, 5) is 30.7. The number of aryl methyl sites for hydroxylation is 1. The van der Waals surface area contributed by atoms with E-state index in [0.717, 1.165) is 33.4 Å². The Bertz CT molecular complexity index is 1510. The van der Waals surface area contributed by atoms with E-state index in [-0.39, 0.29) is 11.8 Å². The van der Waals surface area contributed by atoms with Crippen LogP contribution >= 0.6 is 0 Å². The van der Waals surface area contributed by atoms with Crippen molar-refractivity contribution in [3.8, 4) is 11.3 Å². The van der Waals surface area contributed by atoms with Crippen LogP contribution in [0.2, 0.25) is 0 Å². The van der Waals surface area contributed by atoms with Crippen LogP contribution in [-0.4, -0.2) is 16.8 Å². The number of fused-ring (bicyclic) bond motifs is 1. The normalized spacial score (nSPS) is 10.7. The Labute approximate surface area is 203 Å². The number of benzene rings is 4. The maximum absolute atomic E-state index is 13.4. The number of hydrogen-bond donors (Lipinski definition) is 2. The van der Waals surface area contributed by atoms with E-state index in [4.69, 9.17) is 4.98 Å². The number of para-hydroxylation sites is 2. The maximum atomic E-state index is 13.4. The number of anilines is 2. The first-order valence-electron chi connectivity index (χ1n) is 11.3. The van der Waals surface area contributed by atoms with Gasteiger partial charge in [0.1, 0.15) is 0 Å². The van der Waals surface area contributed by atoms with Crippen LogP contribution in [0.3, 0.4) is 0 Å². The van der Waals surface area contributed by atoms with Crippen molar-refractivity contribution in [1.29, 1.82) is 0 Å². The van der Waals surface area contributed by atoms with Crippen molar-refractivity contribution in [2.75, 3.05) is 10.6 Å². The highest BCUT2D eigenvalue weighted by Crippen LogP contribution is 2.27. The van der Waals surface area contributed by atoms with Gasteiger partial charge in [0, 0.05) is 27.9 Å². The molecule has 0 bridgehead atoms. The van der Waals surface area contributed by atoms with Crippen molar-refractivity contribution >= 4 is 34.1 Å². The van der Waals surface area contributed by atoms with Crippen LogP contribution in [0.25, 0.3) is 22.2 Å². The zero-order chi connectivity index (χ0) is 24.2. The van der Waals surface area contributed by atoms with Crippen LogP contribution in [0, 0.1) is 6.92 Å². The molecule has 0 saturated heterocycles. The summed E-state index contributed by atoms with van der Waals surface area (Å²) in [7, 11) is 0. The molecule has 0 saturated carbocycles. The number of carbonyl (C=O) groups is 2. The van der Waals surface area contributed by atoms with Gasteiger partial charge in [0.2, 0.25) is 0 Å². The lowest BCUT2D eigenvalue weighted by Gasteiger charge is -2.12. The van der Waals surface area contributed by atoms with Crippen molar-refractivity contribution in [1.82, 2.24) is 4.98 Å². The van der Waals surface area contributed by atoms with E-state index in [0.29, 0.717) is 16.8 Å². The minimum atomic E-state index is -0.235. The first-order valence-corrected chi connectivity index (χ1v) is 11.3. The highest BCUT2D eigenvalue weighted by molar-refractivity contribution is 6.13. The molecule has 170 valence electrons. The Morgan fingerprint density at radius 1 is 0.657 bits per heavy atom. The molecule has 4 aromatic carbocycles. The van der Waals surface area contributed by atoms with Gasteiger partial charge in [-0.1, -0.05) is 66.7 Å². The Balaban J connectivity index is 1.41. The standard InChI is InChI=1S/C30H23N3O2/c1-20-9-8-14-25-26(19-27(33-28(20)25)21-10-4-2-5-11-21)30(35)32-24-17-15-22(16-18-24)29(34)31-23-12-6-3-7-13-23/h2-19H,1H3,(H,31,34)(H,32,35). The molecule has 0 spiro atoms. The van der Waals surface area contributed by atoms with Gasteiger partial charge in [-0.05, 0) is 55.0 Å². The van der Waals surface area contributed by atoms with Crippen molar-refractivity contribution in [3.63, 3.8) is 0 Å². The fourth-order valence-electron chi connectivity index (χ4n) is 3.96. The van der Waals surface area contributed by atoms with E-state index < -0.39 is 0 Å². The van der Waals surface area contributed by atoms with E-state index in [1.54, 1.807) is 24.3 Å². The summed E-state index contributed by atoms with van der Waals surface area (Å²) >= 11 is 0. The molecule has 5 nitrogen and oxygen atoms in total. The first-order chi connectivity index (χ1) is 17.1. The summed E-state index contributed by atoms with van der Waals surface area (Å²) in [6.45, 7) is 1.99. The summed E-state index contributed by atoms with van der Waals surface area (Å²) in [5, 5.41) is 6.62. The Morgan fingerprint density at radius 2 is 1.29 bits per heavy atom. The summed E-state index contributed by atoms with van der Waals surface area (Å²) in [5.74, 6) is -0.446. The predicted octanol–water partition coefficient (Wildman–Crippen LogP) is 6.71. The van der Waals surface area contributed by atoms with Crippen LogP contribution < -0.4 is 10.6 Å². The van der Waals surface area contributed by atoms with Crippen LogP contribution in [0.15, 0.2) is 109 Å². The highest BCUT2D eigenvalue weighted by atomic mass is 16.2. The maximum Gasteiger partial charge on any atom is 0.256 e. The SMILES string of the molecule is Cc1cccc2c(C(=O)Nc3ccc(C(=O)Nc4ccccc4)cc3)cc(-c3ccccc3)nc12. The zero-order valence-corrected chi connectivity index (χ0v) is 19.2. The Hall–Kier alpha value is -4.77. The number of carbonyl (C=O) groups excluding carboxylic acids is 2. The molecule has 5 aromatic rings. The second kappa shape index (κ2) is 9.61. The number of hydrogen-bond acceptors (Lipinski definition) is 3. The van der Waals surface area contributed by atoms with E-state index in [2.05, 4.69) is 10.6 Å². The van der Waals surface area contributed by atoms with Crippen molar-refractivity contribution in [3.05, 3.63) is 126 Å². The molecule has 0 fully saturated rings. The Morgan fingerprint density at radius 3 is 2.00 bits per heavy atom. The molecule has 1 aromatic heterocycles. The smallest absolute Gasteiger partial charge is 0.256 e. The lowest BCUT2D eigenvalue weighted by atomic mass is 10.0. The Kier molecular flexibility index (Phi) is 6.05. The summed E-state index contributed by atoms with van der Waals surface area (Å²) in [5.41, 5.74) is 5.86. The summed E-state index contributed by atoms with van der Waals surface area (Å²) in [6, 6.07) is 33.6. The molecule has 0 aliphatic heterocycles. The fraction of sp³-hybridized carbons (Fsp3) is 0.0333. The molecule has 0 unspecified atom stereocenters. The van der Waals surface area contributed by atoms with Crippen LogP contribution in [0.4, 0.5) is 11.4 Å². The number of rotatable bonds is 5. The molecule has 2 amide bonds. The highest BCUT2D eigenvalue weighted by Gasteiger charge is 2.16. The lowest BCUT2D eigenvalue weighted by Crippen LogP contribution is -2.14. The molecule has 5 heteroatoms. The molecule has 35 heavy (non-hydrogen) atoms. The van der Waals surface area contributed by atoms with Crippen molar-refractivity contribution in [2.24, 2.45) is 0 Å². The van der Waals surface area contributed by atoms with Crippen LogP contribution in [0.1, 0.15) is 26.3 Å². The number of aromatic nitrogens is 1. The quantitative estimate of drug-likeness (QED) is 0.308. The van der Waals surface area contributed by atoms with Gasteiger partial charge in [-0.15, -0.1) is 0 Å². The fourth-order valence-corrected chi connectivity index (χ4v) is 3.96. The largest absolute Gasteiger partial charge is 0.322 e. The third kappa shape index (κ3) is 4.80. The van der Waals surface area contributed by atoms with Gasteiger partial charge in [0.05, 0.1) is 16.8 Å². The summed E-state index contributed by atoms with van der Waals surface area (Å²) < 4.78 is 0. The molecule has 5 rings (SSSR count). The molecule has 0 aliphatic rings. The van der Waals surface area contributed by atoms with Crippen molar-refractivity contribution < 1.29 is 9.59 Å². The number of pyridine rings is 1. The van der Waals surface area contributed by atoms with E-state index in [9.17, 15) is 9.59 Å². The van der Waals surface area contributed by atoms with Gasteiger partial charge in [0.15, 0.2) is 0 Å². The molecular formula is C30H23N3O2. The predicted molar refractivity (Wildman–Crippen MR) is 141 cm³/mol. The van der Waals surface area contributed by atoms with Crippen molar-refractivity contribution in [2.45, 2.75) is 6.92 Å². The second-order valence-corrected chi connectivity index (χ2v) is 8.24. The summed E-state index contributed by atoms with van der Waals surface area (Å²) in [6.07, 6.45) is 0. The van der Waals surface area contributed by atoms with Gasteiger partial charge in [-0.25, -0.2) is 4.98 Å². The van der Waals surface area contributed by atoms with E-state index in [1.807, 2.05) is 91.9 Å². The average Bonchev–Trinajstić information content (AvgIpc) is 2.90. The van der Waals surface area contributed by atoms with Gasteiger partial charge in [-0.2, -0.15) is 0 Å². The topological polar surface area (TPSA) is 71.1 Å². The molecule has 0 aliphatic carbocycles. The number of nitrogens with zero attached hydrogens (tertiary/aromatic N) is 1. The minimum Gasteiger partial charge on any atom is -0.322 e. The minimum absolute atomic E-state index is 0.211. The van der Waals surface area contributed by atoms with Crippen LogP contribution in [-0.2, 0) is 0 Å². The van der Waals surface area contributed by atoms with E-state index in [1.165, 1.54) is 0 Å². The second-order valence-electron chi connectivity index (χ2n) is 8.24. The third-order valence-electron chi connectivity index (χ3n) is 5.79. The number of amides is 2. The lowest BCUT2D eigenvalue weighted by molar-refractivity contribution is 0.102.